The smallest absolute Gasteiger partial charge is 0.0603 e. The fraction of sp³-hybridized carbons (Fsp3) is 0.0476. The lowest BCUT2D eigenvalue weighted by Gasteiger charge is -2.05. The van der Waals surface area contributed by atoms with Gasteiger partial charge in [0, 0.05) is 21.6 Å². The first kappa shape index (κ1) is 14.2. The monoisotopic (exact) mass is 315 g/mol. The molecule has 0 aliphatic heterocycles. The Balaban J connectivity index is 1.77. The minimum atomic E-state index is 0.975. The zero-order chi connectivity index (χ0) is 15.5. The molecule has 1 nitrogen and oxygen atoms in total. The van der Waals surface area contributed by atoms with Crippen LogP contribution in [0.15, 0.2) is 89.8 Å². The zero-order valence-electron chi connectivity index (χ0n) is 12.7. The molecule has 1 aromatic heterocycles. The summed E-state index contributed by atoms with van der Waals surface area (Å²) in [4.78, 5) is 4.93. The number of nitrogens with one attached hydrogen (secondary N) is 1. The highest BCUT2D eigenvalue weighted by atomic mass is 32.2. The number of aromatic nitrogens is 1. The van der Waals surface area contributed by atoms with Gasteiger partial charge >= 0.3 is 0 Å². The lowest BCUT2D eigenvalue weighted by Crippen LogP contribution is -1.82. The summed E-state index contributed by atoms with van der Waals surface area (Å²) in [6.45, 7) is 0. The summed E-state index contributed by atoms with van der Waals surface area (Å²) in [6, 6.07) is 29.7. The lowest BCUT2D eigenvalue weighted by molar-refractivity contribution is 1.37. The van der Waals surface area contributed by atoms with E-state index in [1.54, 1.807) is 0 Å². The molecule has 0 amide bonds. The summed E-state index contributed by atoms with van der Waals surface area (Å²) in [5.41, 5.74) is 5.00. The van der Waals surface area contributed by atoms with Crippen molar-refractivity contribution in [2.24, 2.45) is 0 Å². The number of aromatic amines is 1. The molecule has 23 heavy (non-hydrogen) atoms. The van der Waals surface area contributed by atoms with E-state index in [-0.39, 0.29) is 0 Å². The van der Waals surface area contributed by atoms with E-state index in [1.807, 2.05) is 11.8 Å². The molecule has 0 fully saturated rings. The second kappa shape index (κ2) is 6.35. The molecule has 0 unspecified atom stereocenters. The summed E-state index contributed by atoms with van der Waals surface area (Å²) in [7, 11) is 0. The van der Waals surface area contributed by atoms with Gasteiger partial charge in [-0.05, 0) is 17.2 Å². The Kier molecular flexibility index (Phi) is 3.91. The molecule has 4 aromatic rings. The van der Waals surface area contributed by atoms with Crippen molar-refractivity contribution in [3.05, 3.63) is 90.5 Å². The van der Waals surface area contributed by atoms with Gasteiger partial charge in [-0.15, -0.1) is 11.8 Å². The number of fused-ring (bicyclic) bond motifs is 1. The number of hydrogen-bond acceptors (Lipinski definition) is 1. The Morgan fingerprint density at radius 3 is 2.13 bits per heavy atom. The van der Waals surface area contributed by atoms with Gasteiger partial charge in [0.05, 0.1) is 5.69 Å². The Morgan fingerprint density at radius 1 is 0.696 bits per heavy atom. The molecule has 2 heteroatoms. The molecule has 0 spiro atoms. The van der Waals surface area contributed by atoms with Crippen molar-refractivity contribution in [1.82, 2.24) is 4.98 Å². The summed E-state index contributed by atoms with van der Waals surface area (Å²) in [5, 5.41) is 1.30. The van der Waals surface area contributed by atoms with Crippen LogP contribution >= 0.6 is 11.8 Å². The maximum atomic E-state index is 3.60. The first-order valence-electron chi connectivity index (χ1n) is 7.75. The molecular formula is C21H17NS. The normalized spacial score (nSPS) is 11.0. The molecule has 1 N–H and O–H groups in total. The van der Waals surface area contributed by atoms with Gasteiger partial charge in [-0.2, -0.15) is 0 Å². The minimum absolute atomic E-state index is 0.975. The molecule has 4 rings (SSSR count). The fourth-order valence-corrected chi connectivity index (χ4v) is 3.95. The SMILES string of the molecule is c1ccc(CSc2c(-c3ccccc3)[nH]c3ccccc23)cc1. The predicted octanol–water partition coefficient (Wildman–Crippen LogP) is 6.13. The van der Waals surface area contributed by atoms with Crippen molar-refractivity contribution in [2.45, 2.75) is 10.6 Å². The average Bonchev–Trinajstić information content (AvgIpc) is 3.00. The molecule has 0 aliphatic carbocycles. The molecule has 0 aliphatic rings. The highest BCUT2D eigenvalue weighted by molar-refractivity contribution is 7.98. The molecule has 0 radical (unpaired) electrons. The Labute approximate surface area is 140 Å². The van der Waals surface area contributed by atoms with Crippen LogP contribution in [0, 0.1) is 0 Å². The molecular weight excluding hydrogens is 298 g/mol. The molecule has 112 valence electrons. The van der Waals surface area contributed by atoms with Gasteiger partial charge in [-0.1, -0.05) is 78.9 Å². The maximum Gasteiger partial charge on any atom is 0.0603 e. The van der Waals surface area contributed by atoms with E-state index in [1.165, 1.54) is 32.6 Å². The highest BCUT2D eigenvalue weighted by Crippen LogP contribution is 2.38. The molecule has 0 atom stereocenters. The first-order valence-corrected chi connectivity index (χ1v) is 8.73. The van der Waals surface area contributed by atoms with Gasteiger partial charge < -0.3 is 4.98 Å². The van der Waals surface area contributed by atoms with Crippen LogP contribution in [0.2, 0.25) is 0 Å². The number of benzene rings is 3. The summed E-state index contributed by atoms with van der Waals surface area (Å²) in [5.74, 6) is 0.975. The van der Waals surface area contributed by atoms with E-state index in [0.29, 0.717) is 0 Å². The fourth-order valence-electron chi connectivity index (χ4n) is 2.80. The van der Waals surface area contributed by atoms with Crippen molar-refractivity contribution in [3.63, 3.8) is 0 Å². The largest absolute Gasteiger partial charge is 0.354 e. The molecule has 0 saturated carbocycles. The van der Waals surface area contributed by atoms with Crippen molar-refractivity contribution in [1.29, 1.82) is 0 Å². The second-order valence-corrected chi connectivity index (χ2v) is 6.50. The van der Waals surface area contributed by atoms with Crippen LogP contribution in [0.4, 0.5) is 0 Å². The van der Waals surface area contributed by atoms with E-state index in [4.69, 9.17) is 0 Å². The van der Waals surface area contributed by atoms with Gasteiger partial charge in [-0.3, -0.25) is 0 Å². The standard InChI is InChI=1S/C21H17NS/c1-3-9-16(10-4-1)15-23-21-18-13-7-8-14-19(18)22-20(21)17-11-5-2-6-12-17/h1-14,22H,15H2. The van der Waals surface area contributed by atoms with E-state index in [9.17, 15) is 0 Å². The second-order valence-electron chi connectivity index (χ2n) is 5.52. The number of para-hydroxylation sites is 1. The number of H-pyrrole nitrogens is 1. The summed E-state index contributed by atoms with van der Waals surface area (Å²) >= 11 is 1.90. The van der Waals surface area contributed by atoms with Crippen molar-refractivity contribution in [3.8, 4) is 11.3 Å². The molecule has 1 heterocycles. The third-order valence-corrected chi connectivity index (χ3v) is 5.14. The third kappa shape index (κ3) is 2.90. The van der Waals surface area contributed by atoms with Gasteiger partial charge in [0.2, 0.25) is 0 Å². The van der Waals surface area contributed by atoms with Crippen molar-refractivity contribution < 1.29 is 0 Å². The summed E-state index contributed by atoms with van der Waals surface area (Å²) < 4.78 is 0. The average molecular weight is 315 g/mol. The van der Waals surface area contributed by atoms with Crippen LogP contribution in [0.5, 0.6) is 0 Å². The van der Waals surface area contributed by atoms with Crippen LogP contribution in [0.3, 0.4) is 0 Å². The Hall–Kier alpha value is -2.45. The predicted molar refractivity (Wildman–Crippen MR) is 99.7 cm³/mol. The van der Waals surface area contributed by atoms with Gasteiger partial charge in [0.15, 0.2) is 0 Å². The van der Waals surface area contributed by atoms with Gasteiger partial charge in [0.25, 0.3) is 0 Å². The number of hydrogen-bond donors (Lipinski definition) is 1. The highest BCUT2D eigenvalue weighted by Gasteiger charge is 2.13. The van der Waals surface area contributed by atoms with Crippen molar-refractivity contribution in [2.75, 3.05) is 0 Å². The van der Waals surface area contributed by atoms with Crippen LogP contribution < -0.4 is 0 Å². The van der Waals surface area contributed by atoms with Crippen LogP contribution in [0.25, 0.3) is 22.2 Å². The lowest BCUT2D eigenvalue weighted by atomic mass is 10.1. The first-order chi connectivity index (χ1) is 11.4. The molecule has 0 bridgehead atoms. The topological polar surface area (TPSA) is 15.8 Å². The Morgan fingerprint density at radius 2 is 1.35 bits per heavy atom. The van der Waals surface area contributed by atoms with Crippen LogP contribution in [0.1, 0.15) is 5.56 Å². The van der Waals surface area contributed by atoms with Crippen LogP contribution in [-0.4, -0.2) is 4.98 Å². The number of rotatable bonds is 4. The summed E-state index contributed by atoms with van der Waals surface area (Å²) in [6.07, 6.45) is 0. The molecule has 0 saturated heterocycles. The third-order valence-electron chi connectivity index (χ3n) is 3.95. The van der Waals surface area contributed by atoms with E-state index >= 15 is 0 Å². The molecule has 3 aromatic carbocycles. The van der Waals surface area contributed by atoms with Gasteiger partial charge in [0.1, 0.15) is 0 Å². The van der Waals surface area contributed by atoms with E-state index in [0.717, 1.165) is 5.75 Å². The van der Waals surface area contributed by atoms with E-state index in [2.05, 4.69) is 89.9 Å². The van der Waals surface area contributed by atoms with Crippen LogP contribution in [-0.2, 0) is 5.75 Å². The zero-order valence-corrected chi connectivity index (χ0v) is 13.5. The minimum Gasteiger partial charge on any atom is -0.354 e. The van der Waals surface area contributed by atoms with Crippen molar-refractivity contribution >= 4 is 22.7 Å². The Bertz CT molecular complexity index is 910. The van der Waals surface area contributed by atoms with E-state index < -0.39 is 0 Å². The van der Waals surface area contributed by atoms with Gasteiger partial charge in [-0.25, -0.2) is 0 Å². The maximum absolute atomic E-state index is 3.60. The quantitative estimate of drug-likeness (QED) is 0.448. The number of thioether (sulfide) groups is 1.